The molecular weight excluding hydrogens is 498 g/mol. The van der Waals surface area contributed by atoms with E-state index in [0.717, 1.165) is 47.7 Å². The van der Waals surface area contributed by atoms with E-state index in [-0.39, 0.29) is 24.2 Å². The van der Waals surface area contributed by atoms with Crippen LogP contribution < -0.4 is 4.74 Å². The number of rotatable bonds is 7. The zero-order chi connectivity index (χ0) is 26.5. The molecule has 1 aliphatic carbocycles. The molecule has 1 saturated heterocycles. The van der Waals surface area contributed by atoms with Gasteiger partial charge in [-0.05, 0) is 73.5 Å². The number of amides is 1. The number of aryl methyl sites for hydroxylation is 1. The predicted octanol–water partition coefficient (Wildman–Crippen LogP) is 7.42. The van der Waals surface area contributed by atoms with Crippen LogP contribution in [0.2, 0.25) is 0 Å². The molecule has 8 heteroatoms. The van der Waals surface area contributed by atoms with Crippen LogP contribution in [0.5, 0.6) is 5.75 Å². The van der Waals surface area contributed by atoms with E-state index in [9.17, 15) is 14.9 Å². The van der Waals surface area contributed by atoms with Gasteiger partial charge < -0.3 is 4.74 Å². The van der Waals surface area contributed by atoms with Crippen LogP contribution in [0.4, 0.5) is 11.4 Å². The minimum Gasteiger partial charge on any atom is -0.488 e. The summed E-state index contributed by atoms with van der Waals surface area (Å²) in [6, 6.07) is 22.1. The van der Waals surface area contributed by atoms with Gasteiger partial charge in [0.15, 0.2) is 5.17 Å². The van der Waals surface area contributed by atoms with E-state index < -0.39 is 4.92 Å². The van der Waals surface area contributed by atoms with Gasteiger partial charge in [-0.25, -0.2) is 4.99 Å². The first-order chi connectivity index (χ1) is 18.5. The lowest BCUT2D eigenvalue weighted by Gasteiger charge is -2.30. The van der Waals surface area contributed by atoms with Gasteiger partial charge in [0.05, 0.1) is 15.5 Å². The van der Waals surface area contributed by atoms with Crippen molar-refractivity contribution in [2.75, 3.05) is 0 Å². The van der Waals surface area contributed by atoms with Gasteiger partial charge in [-0.3, -0.25) is 19.8 Å². The summed E-state index contributed by atoms with van der Waals surface area (Å²) in [5, 5.41) is 11.6. The van der Waals surface area contributed by atoms with Crippen molar-refractivity contribution >= 4 is 40.3 Å². The maximum atomic E-state index is 13.7. The minimum absolute atomic E-state index is 0.0158. The molecule has 0 atom stereocenters. The highest BCUT2D eigenvalue weighted by atomic mass is 32.2. The van der Waals surface area contributed by atoms with Crippen LogP contribution in [-0.2, 0) is 11.4 Å². The Balaban J connectivity index is 1.40. The Morgan fingerprint density at radius 3 is 2.45 bits per heavy atom. The van der Waals surface area contributed by atoms with Crippen molar-refractivity contribution in [1.82, 2.24) is 4.90 Å². The lowest BCUT2D eigenvalue weighted by Crippen LogP contribution is -2.40. The maximum Gasteiger partial charge on any atom is 0.269 e. The van der Waals surface area contributed by atoms with Crippen molar-refractivity contribution in [3.8, 4) is 5.75 Å². The second-order valence-electron chi connectivity index (χ2n) is 9.56. The van der Waals surface area contributed by atoms with Crippen LogP contribution >= 0.6 is 11.8 Å². The van der Waals surface area contributed by atoms with Gasteiger partial charge in [-0.2, -0.15) is 0 Å². The summed E-state index contributed by atoms with van der Waals surface area (Å²) < 4.78 is 6.07. The first kappa shape index (κ1) is 25.7. The molecule has 0 spiro atoms. The Morgan fingerprint density at radius 2 is 1.74 bits per heavy atom. The normalized spacial score (nSPS) is 18.3. The Kier molecular flexibility index (Phi) is 7.89. The monoisotopic (exact) mass is 527 g/mol. The number of carbonyl (C=O) groups is 1. The molecule has 1 aliphatic heterocycles. The zero-order valence-corrected chi connectivity index (χ0v) is 22.0. The Morgan fingerprint density at radius 1 is 1.03 bits per heavy atom. The van der Waals surface area contributed by atoms with E-state index >= 15 is 0 Å². The number of hydrogen-bond donors (Lipinski definition) is 0. The number of nitro benzene ring substituents is 1. The van der Waals surface area contributed by atoms with E-state index in [2.05, 4.69) is 0 Å². The molecule has 1 heterocycles. The molecule has 7 nitrogen and oxygen atoms in total. The molecule has 5 rings (SSSR count). The van der Waals surface area contributed by atoms with Crippen LogP contribution in [0.3, 0.4) is 0 Å². The second kappa shape index (κ2) is 11.6. The third-order valence-corrected chi connectivity index (χ3v) is 7.77. The van der Waals surface area contributed by atoms with Crippen LogP contribution in [-0.4, -0.2) is 26.9 Å². The van der Waals surface area contributed by atoms with Gasteiger partial charge in [0.25, 0.3) is 11.6 Å². The van der Waals surface area contributed by atoms with Crippen LogP contribution in [0.25, 0.3) is 6.08 Å². The first-order valence-electron chi connectivity index (χ1n) is 12.8. The third kappa shape index (κ3) is 5.97. The molecular formula is C30H29N3O4S. The van der Waals surface area contributed by atoms with Crippen molar-refractivity contribution in [3.63, 3.8) is 0 Å². The average Bonchev–Trinajstić information content (AvgIpc) is 3.24. The molecule has 0 N–H and O–H groups in total. The number of carbonyl (C=O) groups excluding carboxylic acids is 1. The van der Waals surface area contributed by atoms with Crippen molar-refractivity contribution in [1.29, 1.82) is 0 Å². The summed E-state index contributed by atoms with van der Waals surface area (Å²) in [4.78, 5) is 31.6. The first-order valence-corrected chi connectivity index (χ1v) is 13.6. The van der Waals surface area contributed by atoms with Gasteiger partial charge >= 0.3 is 0 Å². The van der Waals surface area contributed by atoms with Crippen molar-refractivity contribution in [3.05, 3.63) is 105 Å². The third-order valence-electron chi connectivity index (χ3n) is 6.78. The number of amidine groups is 1. The number of nitrogens with zero attached hydrogens (tertiary/aromatic N) is 3. The quantitative estimate of drug-likeness (QED) is 0.181. The number of non-ortho nitro benzene ring substituents is 1. The lowest BCUT2D eigenvalue weighted by atomic mass is 9.94. The number of benzene rings is 3. The second-order valence-corrected chi connectivity index (χ2v) is 10.6. The molecule has 38 heavy (non-hydrogen) atoms. The van der Waals surface area contributed by atoms with Crippen molar-refractivity contribution < 1.29 is 14.5 Å². The Labute approximate surface area is 226 Å². The van der Waals surface area contributed by atoms with E-state index in [1.54, 1.807) is 12.1 Å². The summed E-state index contributed by atoms with van der Waals surface area (Å²) in [6.07, 6.45) is 7.30. The fourth-order valence-corrected chi connectivity index (χ4v) is 5.75. The van der Waals surface area contributed by atoms with E-state index in [1.807, 2.05) is 66.4 Å². The fraction of sp³-hybridized carbons (Fsp3) is 0.267. The molecule has 0 aromatic heterocycles. The number of nitro groups is 1. The molecule has 0 bridgehead atoms. The molecule has 1 saturated carbocycles. The summed E-state index contributed by atoms with van der Waals surface area (Å²) in [5.41, 5.74) is 3.66. The molecule has 3 aromatic rings. The highest BCUT2D eigenvalue weighted by Gasteiger charge is 2.38. The molecule has 3 aromatic carbocycles. The highest BCUT2D eigenvalue weighted by molar-refractivity contribution is 8.18. The SMILES string of the molecule is Cc1ccc(N=C2S/C(=C/c3ccccc3OCc3ccc([N+](=O)[O-])cc3)C(=O)N2C2CCCCC2)cc1. The maximum absolute atomic E-state index is 13.7. The van der Waals surface area contributed by atoms with Gasteiger partial charge in [-0.1, -0.05) is 55.2 Å². The Hall–Kier alpha value is -3.91. The number of thioether (sulfide) groups is 1. The van der Waals surface area contributed by atoms with Crippen molar-refractivity contribution in [2.24, 2.45) is 4.99 Å². The summed E-state index contributed by atoms with van der Waals surface area (Å²) >= 11 is 1.41. The standard InChI is InChI=1S/C30H29N3O4S/c1-21-11-15-24(16-12-21)31-30-32(25-8-3-2-4-9-25)29(34)28(38-30)19-23-7-5-6-10-27(23)37-20-22-13-17-26(18-14-22)33(35)36/h5-7,10-19,25H,2-4,8-9,20H2,1H3/b28-19+,31-30?. The van der Waals surface area contributed by atoms with Crippen LogP contribution in [0, 0.1) is 17.0 Å². The molecule has 2 fully saturated rings. The molecule has 0 unspecified atom stereocenters. The Bertz CT molecular complexity index is 1380. The summed E-state index contributed by atoms with van der Waals surface area (Å²) in [5.74, 6) is 0.623. The summed E-state index contributed by atoms with van der Waals surface area (Å²) in [6.45, 7) is 2.30. The number of aliphatic imine (C=N–C) groups is 1. The van der Waals surface area contributed by atoms with E-state index in [4.69, 9.17) is 9.73 Å². The zero-order valence-electron chi connectivity index (χ0n) is 21.2. The van der Waals surface area contributed by atoms with Crippen molar-refractivity contribution in [2.45, 2.75) is 51.7 Å². The van der Waals surface area contributed by atoms with Crippen LogP contribution in [0.1, 0.15) is 48.8 Å². The van der Waals surface area contributed by atoms with Gasteiger partial charge in [-0.15, -0.1) is 0 Å². The molecule has 194 valence electrons. The van der Waals surface area contributed by atoms with Gasteiger partial charge in [0, 0.05) is 23.7 Å². The number of ether oxygens (including phenoxy) is 1. The lowest BCUT2D eigenvalue weighted by molar-refractivity contribution is -0.384. The average molecular weight is 528 g/mol. The fourth-order valence-electron chi connectivity index (χ4n) is 4.70. The largest absolute Gasteiger partial charge is 0.488 e. The molecule has 1 amide bonds. The number of hydrogen-bond acceptors (Lipinski definition) is 6. The van der Waals surface area contributed by atoms with Gasteiger partial charge in [0.1, 0.15) is 12.4 Å². The van der Waals surface area contributed by atoms with Gasteiger partial charge in [0.2, 0.25) is 0 Å². The van der Waals surface area contributed by atoms with Crippen LogP contribution in [0.15, 0.2) is 82.7 Å². The topological polar surface area (TPSA) is 85.0 Å². The number of para-hydroxylation sites is 1. The minimum atomic E-state index is -0.421. The predicted molar refractivity (Wildman–Crippen MR) is 151 cm³/mol. The van der Waals surface area contributed by atoms with E-state index in [1.165, 1.54) is 35.9 Å². The van der Waals surface area contributed by atoms with E-state index in [0.29, 0.717) is 10.7 Å². The smallest absolute Gasteiger partial charge is 0.269 e. The molecule has 2 aliphatic rings. The molecule has 0 radical (unpaired) electrons. The summed E-state index contributed by atoms with van der Waals surface area (Å²) in [7, 11) is 0. The highest BCUT2D eigenvalue weighted by Crippen LogP contribution is 2.39.